The zero-order valence-corrected chi connectivity index (χ0v) is 14.2. The van der Waals surface area contributed by atoms with Crippen LogP contribution in [-0.2, 0) is 4.79 Å². The Morgan fingerprint density at radius 2 is 2.00 bits per heavy atom. The van der Waals surface area contributed by atoms with Crippen LogP contribution in [0.2, 0.25) is 0 Å². The summed E-state index contributed by atoms with van der Waals surface area (Å²) in [4.78, 5) is 11.7. The first kappa shape index (κ1) is 18.0. The number of halogens is 1. The van der Waals surface area contributed by atoms with E-state index < -0.39 is 0 Å². The van der Waals surface area contributed by atoms with Gasteiger partial charge in [0, 0.05) is 6.42 Å². The Morgan fingerprint density at radius 3 is 2.71 bits per heavy atom. The number of unbranched alkanes of at least 4 members (excludes halogenated alkanes) is 3. The van der Waals surface area contributed by atoms with Crippen molar-refractivity contribution >= 4 is 21.8 Å². The van der Waals surface area contributed by atoms with Crippen LogP contribution in [0.15, 0.2) is 28.7 Å². The Bertz CT molecular complexity index is 426. The van der Waals surface area contributed by atoms with E-state index in [2.05, 4.69) is 21.2 Å². The largest absolute Gasteiger partial charge is 0.488 e. The van der Waals surface area contributed by atoms with Crippen molar-refractivity contribution < 1.29 is 9.53 Å². The molecule has 1 rings (SSSR count). The third-order valence-electron chi connectivity index (χ3n) is 3.11. The molecule has 0 aromatic heterocycles. The molecule has 4 nitrogen and oxygen atoms in total. The van der Waals surface area contributed by atoms with Gasteiger partial charge in [-0.2, -0.15) is 0 Å². The van der Waals surface area contributed by atoms with Crippen molar-refractivity contribution in [2.75, 3.05) is 13.1 Å². The first-order chi connectivity index (χ1) is 10.1. The lowest BCUT2D eigenvalue weighted by atomic mass is 10.1. The Labute approximate surface area is 135 Å². The number of nitrogens with one attached hydrogen (secondary N) is 1. The van der Waals surface area contributed by atoms with E-state index in [-0.39, 0.29) is 12.0 Å². The quantitative estimate of drug-likeness (QED) is 0.632. The summed E-state index contributed by atoms with van der Waals surface area (Å²) in [5.41, 5.74) is 5.43. The average molecular weight is 357 g/mol. The average Bonchev–Trinajstić information content (AvgIpc) is 2.47. The van der Waals surface area contributed by atoms with Crippen LogP contribution in [0.3, 0.4) is 0 Å². The Hall–Kier alpha value is -1.07. The molecule has 0 aliphatic rings. The number of benzene rings is 1. The van der Waals surface area contributed by atoms with Crippen LogP contribution in [0, 0.1) is 0 Å². The van der Waals surface area contributed by atoms with E-state index in [1.807, 2.05) is 31.2 Å². The lowest BCUT2D eigenvalue weighted by Crippen LogP contribution is -2.33. The van der Waals surface area contributed by atoms with E-state index in [9.17, 15) is 4.79 Å². The van der Waals surface area contributed by atoms with Gasteiger partial charge in [0.05, 0.1) is 11.0 Å². The third-order valence-corrected chi connectivity index (χ3v) is 3.76. The maximum Gasteiger partial charge on any atom is 0.220 e. The number of carbonyl (C=O) groups excluding carboxylic acids is 1. The summed E-state index contributed by atoms with van der Waals surface area (Å²) >= 11 is 3.44. The van der Waals surface area contributed by atoms with Gasteiger partial charge in [-0.05, 0) is 54.4 Å². The fourth-order valence-electron chi connectivity index (χ4n) is 1.93. The second kappa shape index (κ2) is 10.6. The van der Waals surface area contributed by atoms with Gasteiger partial charge in [-0.1, -0.05) is 25.0 Å². The molecule has 3 N–H and O–H groups in total. The number of amides is 1. The number of hydrogen-bond acceptors (Lipinski definition) is 3. The molecule has 0 saturated carbocycles. The second-order valence-corrected chi connectivity index (χ2v) is 5.97. The summed E-state index contributed by atoms with van der Waals surface area (Å²) in [5.74, 6) is 0.881. The molecule has 0 aliphatic carbocycles. The first-order valence-electron chi connectivity index (χ1n) is 7.51. The van der Waals surface area contributed by atoms with Crippen LogP contribution >= 0.6 is 15.9 Å². The SMILES string of the molecule is CC(CNC(=O)CCCCCCN)Oc1ccccc1Br. The number of para-hydroxylation sites is 1. The highest BCUT2D eigenvalue weighted by Gasteiger charge is 2.08. The molecule has 0 bridgehead atoms. The van der Waals surface area contributed by atoms with Crippen LogP contribution in [-0.4, -0.2) is 25.1 Å². The minimum atomic E-state index is -0.0649. The number of carbonyl (C=O) groups is 1. The Balaban J connectivity index is 2.16. The molecule has 0 fully saturated rings. The highest BCUT2D eigenvalue weighted by molar-refractivity contribution is 9.10. The number of nitrogens with two attached hydrogens (primary N) is 1. The lowest BCUT2D eigenvalue weighted by Gasteiger charge is -2.16. The molecule has 0 saturated heterocycles. The van der Waals surface area contributed by atoms with Gasteiger partial charge in [-0.25, -0.2) is 0 Å². The second-order valence-electron chi connectivity index (χ2n) is 5.12. The topological polar surface area (TPSA) is 64.4 Å². The Kier molecular flexibility index (Phi) is 9.10. The van der Waals surface area contributed by atoms with Gasteiger partial charge in [0.15, 0.2) is 0 Å². The molecular formula is C16H25BrN2O2. The monoisotopic (exact) mass is 356 g/mol. The van der Waals surface area contributed by atoms with E-state index in [1.54, 1.807) is 0 Å². The van der Waals surface area contributed by atoms with Crippen molar-refractivity contribution in [3.63, 3.8) is 0 Å². The van der Waals surface area contributed by atoms with Crippen molar-refractivity contribution in [2.45, 2.75) is 45.1 Å². The number of rotatable bonds is 10. The van der Waals surface area contributed by atoms with Crippen LogP contribution in [0.5, 0.6) is 5.75 Å². The molecule has 1 amide bonds. The maximum atomic E-state index is 11.7. The molecule has 5 heteroatoms. The van der Waals surface area contributed by atoms with Crippen LogP contribution < -0.4 is 15.8 Å². The van der Waals surface area contributed by atoms with Crippen molar-refractivity contribution in [1.29, 1.82) is 0 Å². The maximum absolute atomic E-state index is 11.7. The first-order valence-corrected chi connectivity index (χ1v) is 8.30. The van der Waals surface area contributed by atoms with Gasteiger partial charge in [-0.3, -0.25) is 4.79 Å². The van der Waals surface area contributed by atoms with Gasteiger partial charge in [-0.15, -0.1) is 0 Å². The van der Waals surface area contributed by atoms with Crippen LogP contribution in [0.25, 0.3) is 0 Å². The van der Waals surface area contributed by atoms with E-state index in [4.69, 9.17) is 10.5 Å². The third kappa shape index (κ3) is 8.07. The Morgan fingerprint density at radius 1 is 1.29 bits per heavy atom. The van der Waals surface area contributed by atoms with E-state index in [0.29, 0.717) is 13.0 Å². The van der Waals surface area contributed by atoms with Crippen LogP contribution in [0.4, 0.5) is 0 Å². The summed E-state index contributed by atoms with van der Waals surface area (Å²) < 4.78 is 6.70. The molecule has 1 atom stereocenters. The summed E-state index contributed by atoms with van der Waals surface area (Å²) in [7, 11) is 0. The van der Waals surface area contributed by atoms with Gasteiger partial charge in [0.1, 0.15) is 11.9 Å². The fourth-order valence-corrected chi connectivity index (χ4v) is 2.31. The highest BCUT2D eigenvalue weighted by Crippen LogP contribution is 2.24. The molecular weight excluding hydrogens is 332 g/mol. The summed E-state index contributed by atoms with van der Waals surface area (Å²) in [6.45, 7) is 3.19. The normalized spacial score (nSPS) is 12.0. The van der Waals surface area contributed by atoms with Gasteiger partial charge >= 0.3 is 0 Å². The predicted molar refractivity (Wildman–Crippen MR) is 89.4 cm³/mol. The van der Waals surface area contributed by atoms with Crippen LogP contribution in [0.1, 0.15) is 39.0 Å². The number of ether oxygens (including phenoxy) is 1. The van der Waals surface area contributed by atoms with Crippen molar-refractivity contribution in [2.24, 2.45) is 5.73 Å². The minimum absolute atomic E-state index is 0.0649. The zero-order chi connectivity index (χ0) is 15.5. The summed E-state index contributed by atoms with van der Waals surface area (Å²) in [6, 6.07) is 7.70. The zero-order valence-electron chi connectivity index (χ0n) is 12.6. The minimum Gasteiger partial charge on any atom is -0.488 e. The molecule has 0 spiro atoms. The lowest BCUT2D eigenvalue weighted by molar-refractivity contribution is -0.121. The van der Waals surface area contributed by atoms with Crippen molar-refractivity contribution in [3.05, 3.63) is 28.7 Å². The molecule has 1 aromatic rings. The smallest absolute Gasteiger partial charge is 0.220 e. The summed E-state index contributed by atoms with van der Waals surface area (Å²) in [5, 5.41) is 2.91. The van der Waals surface area contributed by atoms with Gasteiger partial charge < -0.3 is 15.8 Å². The number of hydrogen-bond donors (Lipinski definition) is 2. The van der Waals surface area contributed by atoms with Crippen molar-refractivity contribution in [3.8, 4) is 5.75 Å². The predicted octanol–water partition coefficient (Wildman–Crippen LogP) is 3.24. The molecule has 0 radical (unpaired) electrons. The van der Waals surface area contributed by atoms with Crippen molar-refractivity contribution in [1.82, 2.24) is 5.32 Å². The van der Waals surface area contributed by atoms with Gasteiger partial charge in [0.25, 0.3) is 0 Å². The summed E-state index contributed by atoms with van der Waals surface area (Å²) in [6.07, 6.45) is 4.64. The molecule has 118 valence electrons. The molecule has 1 aromatic carbocycles. The van der Waals surface area contributed by atoms with E-state index >= 15 is 0 Å². The molecule has 21 heavy (non-hydrogen) atoms. The molecule has 0 heterocycles. The fraction of sp³-hybridized carbons (Fsp3) is 0.562. The standard InChI is InChI=1S/C16H25BrN2O2/c1-13(21-15-9-6-5-8-14(15)17)12-19-16(20)10-4-2-3-7-11-18/h5-6,8-9,13H,2-4,7,10-12,18H2,1H3,(H,19,20). The van der Waals surface area contributed by atoms with E-state index in [1.165, 1.54) is 0 Å². The van der Waals surface area contributed by atoms with Gasteiger partial charge in [0.2, 0.25) is 5.91 Å². The highest BCUT2D eigenvalue weighted by atomic mass is 79.9. The molecule has 0 aliphatic heterocycles. The molecule has 1 unspecified atom stereocenters. The van der Waals surface area contributed by atoms with E-state index in [0.717, 1.165) is 42.5 Å².